The second kappa shape index (κ2) is 8.49. The normalized spacial score (nSPS) is 25.2. The van der Waals surface area contributed by atoms with Crippen LogP contribution in [0.3, 0.4) is 0 Å². The predicted octanol–water partition coefficient (Wildman–Crippen LogP) is 4.97. The van der Waals surface area contributed by atoms with Crippen LogP contribution in [0.2, 0.25) is 0 Å². The molecule has 1 unspecified atom stereocenters. The number of ether oxygens (including phenoxy) is 2. The van der Waals surface area contributed by atoms with Crippen LogP contribution in [0.4, 0.5) is 4.79 Å². The lowest BCUT2D eigenvalue weighted by Crippen LogP contribution is -2.71. The molecule has 174 valence electrons. The first kappa shape index (κ1) is 22.0. The number of methoxy groups -OCH3 is 1. The Morgan fingerprint density at radius 1 is 1.03 bits per heavy atom. The molecule has 2 N–H and O–H groups in total. The van der Waals surface area contributed by atoms with Gasteiger partial charge in [-0.2, -0.15) is 0 Å². The maximum atomic E-state index is 12.7. The molecule has 0 saturated heterocycles. The molecule has 6 heteroatoms. The third kappa shape index (κ3) is 3.80. The van der Waals surface area contributed by atoms with Crippen LogP contribution >= 0.6 is 0 Å². The zero-order valence-corrected chi connectivity index (χ0v) is 19.0. The SMILES string of the molecule is COCCCCC12CC(C(NC(=O)OCC3c4ccccc4-c4ccccc43)C(=O)O)(C1)C2. The summed E-state index contributed by atoms with van der Waals surface area (Å²) in [5.74, 6) is -1.02. The van der Waals surface area contributed by atoms with Gasteiger partial charge >= 0.3 is 12.1 Å². The molecule has 2 bridgehead atoms. The molecule has 1 amide bonds. The molecule has 0 heterocycles. The molecule has 0 aliphatic heterocycles. The molecule has 2 aromatic rings. The van der Waals surface area contributed by atoms with Crippen molar-refractivity contribution in [3.8, 4) is 11.1 Å². The van der Waals surface area contributed by atoms with Gasteiger partial charge in [-0.3, -0.25) is 0 Å². The number of amides is 1. The number of aliphatic carboxylic acids is 1. The minimum atomic E-state index is -0.976. The largest absolute Gasteiger partial charge is 0.480 e. The number of carbonyl (C=O) groups excluding carboxylic acids is 1. The van der Waals surface area contributed by atoms with Crippen LogP contribution in [0.1, 0.15) is 55.6 Å². The average molecular weight is 450 g/mol. The van der Waals surface area contributed by atoms with Gasteiger partial charge < -0.3 is 19.9 Å². The van der Waals surface area contributed by atoms with E-state index in [4.69, 9.17) is 9.47 Å². The maximum absolute atomic E-state index is 12.7. The summed E-state index contributed by atoms with van der Waals surface area (Å²) in [6.07, 6.45) is 5.19. The smallest absolute Gasteiger partial charge is 0.407 e. The van der Waals surface area contributed by atoms with Gasteiger partial charge in [0.2, 0.25) is 0 Å². The van der Waals surface area contributed by atoms with E-state index in [1.54, 1.807) is 7.11 Å². The maximum Gasteiger partial charge on any atom is 0.407 e. The minimum absolute atomic E-state index is 0.0447. The number of unbranched alkanes of at least 4 members (excludes halogenated alkanes) is 1. The molecule has 4 aliphatic carbocycles. The van der Waals surface area contributed by atoms with E-state index >= 15 is 0 Å². The van der Waals surface area contributed by atoms with Crippen molar-refractivity contribution in [1.82, 2.24) is 5.32 Å². The fourth-order valence-corrected chi connectivity index (χ4v) is 6.64. The van der Waals surface area contributed by atoms with Crippen molar-refractivity contribution in [3.63, 3.8) is 0 Å². The number of carboxylic acids is 1. The Kier molecular flexibility index (Phi) is 5.65. The lowest BCUT2D eigenvalue weighted by atomic mass is 9.32. The van der Waals surface area contributed by atoms with E-state index in [-0.39, 0.29) is 23.4 Å². The highest BCUT2D eigenvalue weighted by Gasteiger charge is 2.71. The zero-order chi connectivity index (χ0) is 23.1. The molecule has 0 radical (unpaired) electrons. The molecular weight excluding hydrogens is 418 g/mol. The van der Waals surface area contributed by atoms with Gasteiger partial charge in [0, 0.05) is 25.0 Å². The van der Waals surface area contributed by atoms with Gasteiger partial charge in [0.05, 0.1) is 0 Å². The van der Waals surface area contributed by atoms with E-state index in [0.717, 1.165) is 67.4 Å². The molecule has 2 aromatic carbocycles. The average Bonchev–Trinajstić information content (AvgIpc) is 3.08. The quantitative estimate of drug-likeness (QED) is 0.501. The molecule has 4 aliphatic rings. The van der Waals surface area contributed by atoms with Crippen molar-refractivity contribution in [2.24, 2.45) is 10.8 Å². The molecule has 0 aromatic heterocycles. The first-order chi connectivity index (χ1) is 16.0. The van der Waals surface area contributed by atoms with E-state index in [0.29, 0.717) is 0 Å². The highest BCUT2D eigenvalue weighted by molar-refractivity contribution is 5.82. The van der Waals surface area contributed by atoms with Crippen molar-refractivity contribution in [3.05, 3.63) is 59.7 Å². The Bertz CT molecular complexity index is 999. The van der Waals surface area contributed by atoms with E-state index in [1.165, 1.54) is 0 Å². The van der Waals surface area contributed by atoms with Crippen LogP contribution in [0, 0.1) is 10.8 Å². The highest BCUT2D eigenvalue weighted by atomic mass is 16.5. The topological polar surface area (TPSA) is 84.9 Å². The third-order valence-corrected chi connectivity index (χ3v) is 7.95. The molecule has 3 fully saturated rings. The monoisotopic (exact) mass is 449 g/mol. The number of carbonyl (C=O) groups is 2. The Balaban J connectivity index is 1.18. The fourth-order valence-electron chi connectivity index (χ4n) is 6.64. The lowest BCUT2D eigenvalue weighted by molar-refractivity contribution is -0.228. The third-order valence-electron chi connectivity index (χ3n) is 7.95. The summed E-state index contributed by atoms with van der Waals surface area (Å²) >= 11 is 0. The molecule has 33 heavy (non-hydrogen) atoms. The van der Waals surface area contributed by atoms with Gasteiger partial charge in [-0.25, -0.2) is 9.59 Å². The van der Waals surface area contributed by atoms with Crippen molar-refractivity contribution in [2.75, 3.05) is 20.3 Å². The first-order valence-electron chi connectivity index (χ1n) is 11.8. The van der Waals surface area contributed by atoms with Gasteiger partial charge in [0.15, 0.2) is 0 Å². The van der Waals surface area contributed by atoms with Gasteiger partial charge in [0.1, 0.15) is 12.6 Å². The number of fused-ring (bicyclic) bond motifs is 3. The molecule has 6 nitrogen and oxygen atoms in total. The number of benzene rings is 2. The van der Waals surface area contributed by atoms with Crippen molar-refractivity contribution >= 4 is 12.1 Å². The summed E-state index contributed by atoms with van der Waals surface area (Å²) in [5.41, 5.74) is 4.54. The number of hydrogen-bond acceptors (Lipinski definition) is 4. The summed E-state index contributed by atoms with van der Waals surface area (Å²) in [6.45, 7) is 0.949. The van der Waals surface area contributed by atoms with Gasteiger partial charge in [-0.15, -0.1) is 0 Å². The molecular formula is C27H31NO5. The van der Waals surface area contributed by atoms with E-state index < -0.39 is 18.1 Å². The predicted molar refractivity (Wildman–Crippen MR) is 124 cm³/mol. The Hall–Kier alpha value is -2.86. The van der Waals surface area contributed by atoms with Crippen LogP contribution in [0.5, 0.6) is 0 Å². The van der Waals surface area contributed by atoms with Crippen LogP contribution in [0.25, 0.3) is 11.1 Å². The first-order valence-corrected chi connectivity index (χ1v) is 11.8. The second-order valence-corrected chi connectivity index (χ2v) is 10.1. The van der Waals surface area contributed by atoms with E-state index in [1.807, 2.05) is 24.3 Å². The second-order valence-electron chi connectivity index (χ2n) is 10.1. The minimum Gasteiger partial charge on any atom is -0.480 e. The fraction of sp³-hybridized carbons (Fsp3) is 0.481. The number of alkyl carbamates (subject to hydrolysis) is 1. The Morgan fingerprint density at radius 2 is 1.64 bits per heavy atom. The number of rotatable bonds is 10. The number of hydrogen-bond donors (Lipinski definition) is 2. The Labute approximate surface area is 194 Å². The molecule has 6 rings (SSSR count). The lowest BCUT2D eigenvalue weighted by Gasteiger charge is -2.72. The van der Waals surface area contributed by atoms with Gasteiger partial charge in [-0.05, 0) is 59.8 Å². The summed E-state index contributed by atoms with van der Waals surface area (Å²) in [5, 5.41) is 12.5. The van der Waals surface area contributed by atoms with Crippen LogP contribution in [-0.2, 0) is 14.3 Å². The summed E-state index contributed by atoms with van der Waals surface area (Å²) in [7, 11) is 1.71. The summed E-state index contributed by atoms with van der Waals surface area (Å²) in [6, 6.07) is 15.4. The van der Waals surface area contributed by atoms with Crippen molar-refractivity contribution in [2.45, 2.75) is 50.5 Å². The van der Waals surface area contributed by atoms with E-state index in [9.17, 15) is 14.7 Å². The standard InChI is InChI=1S/C27H31NO5/c1-32-13-7-6-12-26-15-27(16-26,17-26)23(24(29)30)28-25(31)33-14-22-20-10-4-2-8-18(20)19-9-3-5-11-21(19)22/h2-5,8-11,22-23H,6-7,12-17H2,1H3,(H,28,31)(H,29,30). The zero-order valence-electron chi connectivity index (χ0n) is 19.0. The van der Waals surface area contributed by atoms with Crippen molar-refractivity contribution < 1.29 is 24.2 Å². The molecule has 0 spiro atoms. The van der Waals surface area contributed by atoms with Crippen molar-refractivity contribution in [1.29, 1.82) is 0 Å². The summed E-state index contributed by atoms with van der Waals surface area (Å²) in [4.78, 5) is 24.7. The number of carboxylic acid groups (broad SMARTS) is 1. The molecule has 3 saturated carbocycles. The van der Waals surface area contributed by atoms with Gasteiger partial charge in [0.25, 0.3) is 0 Å². The van der Waals surface area contributed by atoms with Crippen LogP contribution in [-0.4, -0.2) is 43.5 Å². The Morgan fingerprint density at radius 3 is 2.21 bits per heavy atom. The number of nitrogens with one attached hydrogen (secondary N) is 1. The van der Waals surface area contributed by atoms with Gasteiger partial charge in [-0.1, -0.05) is 55.0 Å². The van der Waals surface area contributed by atoms with Crippen LogP contribution in [0.15, 0.2) is 48.5 Å². The highest BCUT2D eigenvalue weighted by Crippen LogP contribution is 2.76. The van der Waals surface area contributed by atoms with E-state index in [2.05, 4.69) is 29.6 Å². The molecule has 1 atom stereocenters. The van der Waals surface area contributed by atoms with Crippen LogP contribution < -0.4 is 5.32 Å². The summed E-state index contributed by atoms with van der Waals surface area (Å²) < 4.78 is 10.7.